The molecule has 2 aliphatic rings. The monoisotopic (exact) mass is 409 g/mol. The predicted octanol–water partition coefficient (Wildman–Crippen LogP) is 2.61. The van der Waals surface area contributed by atoms with E-state index >= 15 is 0 Å². The first-order chi connectivity index (χ1) is 9.95. The van der Waals surface area contributed by atoms with E-state index in [2.05, 4.69) is 32.5 Å². The maximum Gasteiger partial charge on any atom is 0.269 e. The summed E-state index contributed by atoms with van der Waals surface area (Å²) in [5.41, 5.74) is 0. The van der Waals surface area contributed by atoms with Crippen LogP contribution >= 0.6 is 22.6 Å². The van der Waals surface area contributed by atoms with Gasteiger partial charge in [0.25, 0.3) is 5.92 Å². The molecule has 4 nitrogen and oxygen atoms in total. The summed E-state index contributed by atoms with van der Waals surface area (Å²) in [7, 11) is 0. The third-order valence-electron chi connectivity index (χ3n) is 4.04. The zero-order chi connectivity index (χ0) is 15.0. The molecule has 3 rings (SSSR count). The Hall–Kier alpha value is -0.700. The van der Waals surface area contributed by atoms with Crippen molar-refractivity contribution >= 4 is 34.2 Å². The number of hydrogen-bond acceptors (Lipinski definition) is 4. The standard InChI is InChI=1S/C14H18F2IN3O/c1-10-8-20(9-14(10,15)16)13-7-11(17)6-12(18-13)19-2-4-21-5-3-19/h6-7,10H,2-5,8-9H2,1H3. The summed E-state index contributed by atoms with van der Waals surface area (Å²) in [5.74, 6) is -1.78. The molecule has 2 fully saturated rings. The van der Waals surface area contributed by atoms with Gasteiger partial charge in [0, 0.05) is 29.1 Å². The molecule has 1 unspecified atom stereocenters. The van der Waals surface area contributed by atoms with E-state index in [1.54, 1.807) is 11.8 Å². The molecule has 0 N–H and O–H groups in total. The van der Waals surface area contributed by atoms with Crippen molar-refractivity contribution in [3.8, 4) is 0 Å². The van der Waals surface area contributed by atoms with E-state index in [0.717, 1.165) is 22.5 Å². The lowest BCUT2D eigenvalue weighted by Crippen LogP contribution is -2.37. The van der Waals surface area contributed by atoms with Crippen molar-refractivity contribution in [3.63, 3.8) is 0 Å². The van der Waals surface area contributed by atoms with Gasteiger partial charge in [-0.05, 0) is 34.7 Å². The van der Waals surface area contributed by atoms with Gasteiger partial charge in [0.15, 0.2) is 0 Å². The summed E-state index contributed by atoms with van der Waals surface area (Å²) in [4.78, 5) is 8.43. The predicted molar refractivity (Wildman–Crippen MR) is 86.3 cm³/mol. The first-order valence-electron chi connectivity index (χ1n) is 7.09. The molecule has 0 saturated carbocycles. The van der Waals surface area contributed by atoms with Crippen molar-refractivity contribution in [1.82, 2.24) is 4.98 Å². The number of hydrogen-bond donors (Lipinski definition) is 0. The average molecular weight is 409 g/mol. The normalized spacial score (nSPS) is 25.4. The second-order valence-electron chi connectivity index (χ2n) is 5.64. The van der Waals surface area contributed by atoms with Crippen LogP contribution < -0.4 is 9.80 Å². The van der Waals surface area contributed by atoms with Crippen molar-refractivity contribution < 1.29 is 13.5 Å². The third kappa shape index (κ3) is 3.23. The van der Waals surface area contributed by atoms with Crippen molar-refractivity contribution in [2.75, 3.05) is 49.2 Å². The van der Waals surface area contributed by atoms with Gasteiger partial charge in [-0.15, -0.1) is 0 Å². The zero-order valence-electron chi connectivity index (χ0n) is 11.9. The Bertz CT molecular complexity index is 523. The van der Waals surface area contributed by atoms with Gasteiger partial charge in [0.05, 0.1) is 19.8 Å². The van der Waals surface area contributed by atoms with E-state index < -0.39 is 11.8 Å². The number of morpholine rings is 1. The number of halogens is 3. The van der Waals surface area contributed by atoms with Crippen LogP contribution in [0.15, 0.2) is 12.1 Å². The molecule has 0 amide bonds. The SMILES string of the molecule is CC1CN(c2cc(I)cc(N3CCOCC3)n2)CC1(F)F. The molecule has 0 radical (unpaired) electrons. The number of anilines is 2. The molecule has 2 saturated heterocycles. The molecule has 0 aliphatic carbocycles. The Balaban J connectivity index is 1.84. The third-order valence-corrected chi connectivity index (χ3v) is 4.66. The van der Waals surface area contributed by atoms with Crippen LogP contribution in [0.25, 0.3) is 0 Å². The lowest BCUT2D eigenvalue weighted by atomic mass is 10.1. The Morgan fingerprint density at radius 1 is 1.24 bits per heavy atom. The molecule has 1 atom stereocenters. The Kier molecular flexibility index (Phi) is 4.22. The highest BCUT2D eigenvalue weighted by molar-refractivity contribution is 14.1. The molecule has 116 valence electrons. The molecule has 0 aromatic carbocycles. The van der Waals surface area contributed by atoms with E-state index in [9.17, 15) is 8.78 Å². The molecular formula is C14H18F2IN3O. The molecule has 3 heterocycles. The number of ether oxygens (including phenoxy) is 1. The van der Waals surface area contributed by atoms with Gasteiger partial charge >= 0.3 is 0 Å². The summed E-state index contributed by atoms with van der Waals surface area (Å²) in [5, 5.41) is 0. The van der Waals surface area contributed by atoms with Gasteiger partial charge in [-0.3, -0.25) is 0 Å². The first kappa shape index (κ1) is 15.2. The minimum Gasteiger partial charge on any atom is -0.378 e. The second kappa shape index (κ2) is 5.83. The van der Waals surface area contributed by atoms with Crippen molar-refractivity contribution in [1.29, 1.82) is 0 Å². The Labute approximate surface area is 136 Å². The first-order valence-corrected chi connectivity index (χ1v) is 8.16. The highest BCUT2D eigenvalue weighted by Crippen LogP contribution is 2.35. The van der Waals surface area contributed by atoms with Gasteiger partial charge in [-0.25, -0.2) is 13.8 Å². The number of rotatable bonds is 2. The molecule has 7 heteroatoms. The Morgan fingerprint density at radius 2 is 1.86 bits per heavy atom. The number of nitrogens with zero attached hydrogens (tertiary/aromatic N) is 3. The highest BCUT2D eigenvalue weighted by atomic mass is 127. The molecule has 0 spiro atoms. The van der Waals surface area contributed by atoms with Crippen molar-refractivity contribution in [2.24, 2.45) is 5.92 Å². The zero-order valence-corrected chi connectivity index (χ0v) is 14.0. The summed E-state index contributed by atoms with van der Waals surface area (Å²) in [6.45, 7) is 4.64. The van der Waals surface area contributed by atoms with Crippen molar-refractivity contribution in [2.45, 2.75) is 12.8 Å². The van der Waals surface area contributed by atoms with Crippen LogP contribution in [0.1, 0.15) is 6.92 Å². The maximum atomic E-state index is 13.7. The van der Waals surface area contributed by atoms with Crippen LogP contribution in [-0.2, 0) is 4.74 Å². The van der Waals surface area contributed by atoms with E-state index in [4.69, 9.17) is 4.74 Å². The fourth-order valence-corrected chi connectivity index (χ4v) is 3.26. The molecule has 21 heavy (non-hydrogen) atoms. The fraction of sp³-hybridized carbons (Fsp3) is 0.643. The molecule has 1 aromatic heterocycles. The van der Waals surface area contributed by atoms with Crippen LogP contribution in [0, 0.1) is 9.49 Å². The van der Waals surface area contributed by atoms with Crippen LogP contribution in [0.2, 0.25) is 0 Å². The van der Waals surface area contributed by atoms with E-state index in [-0.39, 0.29) is 6.54 Å². The largest absolute Gasteiger partial charge is 0.378 e. The maximum absolute atomic E-state index is 13.7. The number of aromatic nitrogens is 1. The average Bonchev–Trinajstić information content (AvgIpc) is 2.73. The van der Waals surface area contributed by atoms with Crippen molar-refractivity contribution in [3.05, 3.63) is 15.7 Å². The lowest BCUT2D eigenvalue weighted by molar-refractivity contribution is -0.0137. The topological polar surface area (TPSA) is 28.6 Å². The van der Waals surface area contributed by atoms with E-state index in [1.165, 1.54) is 0 Å². The summed E-state index contributed by atoms with van der Waals surface area (Å²) < 4.78 is 33.8. The lowest BCUT2D eigenvalue weighted by Gasteiger charge is -2.29. The van der Waals surface area contributed by atoms with Gasteiger partial charge in [0.2, 0.25) is 0 Å². The minimum atomic E-state index is -2.64. The minimum absolute atomic E-state index is 0.246. The number of pyridine rings is 1. The van der Waals surface area contributed by atoms with Crippen LogP contribution in [0.4, 0.5) is 20.4 Å². The van der Waals surface area contributed by atoms with Gasteiger partial charge < -0.3 is 14.5 Å². The van der Waals surface area contributed by atoms with Gasteiger partial charge in [-0.1, -0.05) is 6.92 Å². The summed E-state index contributed by atoms with van der Waals surface area (Å²) >= 11 is 2.22. The second-order valence-corrected chi connectivity index (χ2v) is 6.89. The van der Waals surface area contributed by atoms with Crippen LogP contribution in [0.3, 0.4) is 0 Å². The molecular weight excluding hydrogens is 391 g/mol. The smallest absolute Gasteiger partial charge is 0.269 e. The number of alkyl halides is 2. The van der Waals surface area contributed by atoms with E-state index in [0.29, 0.717) is 25.6 Å². The van der Waals surface area contributed by atoms with Gasteiger partial charge in [0.1, 0.15) is 11.6 Å². The van der Waals surface area contributed by atoms with Crippen LogP contribution in [0.5, 0.6) is 0 Å². The quantitative estimate of drug-likeness (QED) is 0.703. The molecule has 2 aliphatic heterocycles. The molecule has 1 aromatic rings. The van der Waals surface area contributed by atoms with Gasteiger partial charge in [-0.2, -0.15) is 0 Å². The van der Waals surface area contributed by atoms with Crippen LogP contribution in [-0.4, -0.2) is 50.3 Å². The fourth-order valence-electron chi connectivity index (χ4n) is 2.70. The summed E-state index contributed by atoms with van der Waals surface area (Å²) in [6, 6.07) is 3.87. The summed E-state index contributed by atoms with van der Waals surface area (Å²) in [6.07, 6.45) is 0. The molecule has 0 bridgehead atoms. The Morgan fingerprint density at radius 3 is 2.43 bits per heavy atom. The van der Waals surface area contributed by atoms with E-state index in [1.807, 2.05) is 12.1 Å². The highest BCUT2D eigenvalue weighted by Gasteiger charge is 2.45.